The molecule has 0 spiro atoms. The summed E-state index contributed by atoms with van der Waals surface area (Å²) in [5.41, 5.74) is 2.74. The summed E-state index contributed by atoms with van der Waals surface area (Å²) >= 11 is 14.0. The molecule has 0 bridgehead atoms. The summed E-state index contributed by atoms with van der Waals surface area (Å²) in [6.07, 6.45) is 1.49. The van der Waals surface area contributed by atoms with Crippen molar-refractivity contribution in [2.45, 2.75) is 17.8 Å². The minimum atomic E-state index is -0.194. The third-order valence-corrected chi connectivity index (χ3v) is 6.01. The molecule has 0 aliphatic rings. The third-order valence-electron chi connectivity index (χ3n) is 4.25. The number of halogens is 2. The molecule has 0 fully saturated rings. The summed E-state index contributed by atoms with van der Waals surface area (Å²) in [7, 11) is 0. The molecule has 4 rings (SSSR count). The first-order chi connectivity index (χ1) is 13.1. The van der Waals surface area contributed by atoms with Gasteiger partial charge in [-0.25, -0.2) is 4.98 Å². The predicted octanol–water partition coefficient (Wildman–Crippen LogP) is 5.02. The fraction of sp³-hybridized carbons (Fsp3) is 0.105. The molecule has 0 unspecified atom stereocenters. The van der Waals surface area contributed by atoms with Crippen LogP contribution in [0.3, 0.4) is 0 Å². The maximum absolute atomic E-state index is 13.1. The highest BCUT2D eigenvalue weighted by molar-refractivity contribution is 7.98. The van der Waals surface area contributed by atoms with Gasteiger partial charge in [-0.2, -0.15) is 5.10 Å². The highest BCUT2D eigenvalue weighted by Gasteiger charge is 2.17. The molecule has 0 amide bonds. The largest absolute Gasteiger partial charge is 0.269 e. The first-order valence-electron chi connectivity index (χ1n) is 8.14. The number of hydrogen-bond acceptors (Lipinski definition) is 4. The van der Waals surface area contributed by atoms with Gasteiger partial charge in [0.15, 0.2) is 10.8 Å². The van der Waals surface area contributed by atoms with E-state index in [0.717, 1.165) is 11.1 Å². The van der Waals surface area contributed by atoms with Crippen LogP contribution in [-0.4, -0.2) is 19.7 Å². The number of aromatic nitrogens is 4. The van der Waals surface area contributed by atoms with E-state index in [0.29, 0.717) is 37.7 Å². The Morgan fingerprint density at radius 1 is 1.11 bits per heavy atom. The van der Waals surface area contributed by atoms with Crippen molar-refractivity contribution in [1.82, 2.24) is 19.7 Å². The predicted molar refractivity (Wildman–Crippen MR) is 110 cm³/mol. The zero-order valence-electron chi connectivity index (χ0n) is 14.2. The lowest BCUT2D eigenvalue weighted by Gasteiger charge is -2.15. The SMILES string of the molecule is Cc1c(Cl)cccc1-n1c(SCc2ccccc2Cl)nc2[nH]ncc2c1=O. The fourth-order valence-corrected chi connectivity index (χ4v) is 4.23. The van der Waals surface area contributed by atoms with E-state index in [-0.39, 0.29) is 5.56 Å². The average molecular weight is 417 g/mol. The molecule has 2 aromatic heterocycles. The number of hydrogen-bond donors (Lipinski definition) is 1. The molecule has 136 valence electrons. The zero-order valence-corrected chi connectivity index (χ0v) is 16.6. The lowest BCUT2D eigenvalue weighted by atomic mass is 10.2. The van der Waals surface area contributed by atoms with Gasteiger partial charge in [-0.05, 0) is 36.2 Å². The molecular formula is C19H14Cl2N4OS. The molecule has 2 heterocycles. The Bertz CT molecular complexity index is 1200. The number of nitrogens with zero attached hydrogens (tertiary/aromatic N) is 3. The van der Waals surface area contributed by atoms with Gasteiger partial charge in [0.05, 0.1) is 11.9 Å². The van der Waals surface area contributed by atoms with E-state index in [2.05, 4.69) is 15.2 Å². The standard InChI is InChI=1S/C19H14Cl2N4OS/c1-11-14(20)7-4-8-16(11)25-18(26)13-9-22-24-17(13)23-19(25)27-10-12-5-2-3-6-15(12)21/h2-9H,10H2,1H3,(H,22,24). The number of aromatic amines is 1. The number of thioether (sulfide) groups is 1. The molecule has 0 radical (unpaired) electrons. The van der Waals surface area contributed by atoms with Gasteiger partial charge in [0.1, 0.15) is 5.39 Å². The Labute approximate surface area is 169 Å². The molecule has 0 saturated carbocycles. The highest BCUT2D eigenvalue weighted by Crippen LogP contribution is 2.29. The number of nitrogens with one attached hydrogen (secondary N) is 1. The van der Waals surface area contributed by atoms with Gasteiger partial charge >= 0.3 is 0 Å². The van der Waals surface area contributed by atoms with E-state index in [1.165, 1.54) is 18.0 Å². The Morgan fingerprint density at radius 2 is 1.89 bits per heavy atom. The number of fused-ring (bicyclic) bond motifs is 1. The average Bonchev–Trinajstić information content (AvgIpc) is 3.13. The van der Waals surface area contributed by atoms with Gasteiger partial charge in [0.25, 0.3) is 5.56 Å². The molecule has 8 heteroatoms. The van der Waals surface area contributed by atoms with Crippen LogP contribution in [0.2, 0.25) is 10.0 Å². The van der Waals surface area contributed by atoms with Crippen molar-refractivity contribution in [3.05, 3.63) is 80.2 Å². The Morgan fingerprint density at radius 3 is 2.70 bits per heavy atom. The van der Waals surface area contributed by atoms with Gasteiger partial charge in [0, 0.05) is 15.8 Å². The van der Waals surface area contributed by atoms with Crippen LogP contribution in [0.1, 0.15) is 11.1 Å². The van der Waals surface area contributed by atoms with Crippen LogP contribution in [0, 0.1) is 6.92 Å². The summed E-state index contributed by atoms with van der Waals surface area (Å²) in [5.74, 6) is 0.575. The van der Waals surface area contributed by atoms with E-state index in [1.54, 1.807) is 10.6 Å². The summed E-state index contributed by atoms with van der Waals surface area (Å²) in [4.78, 5) is 17.7. The van der Waals surface area contributed by atoms with Gasteiger partial charge < -0.3 is 0 Å². The van der Waals surface area contributed by atoms with Gasteiger partial charge in [-0.15, -0.1) is 0 Å². The van der Waals surface area contributed by atoms with Crippen molar-refractivity contribution in [3.63, 3.8) is 0 Å². The molecule has 5 nitrogen and oxygen atoms in total. The van der Waals surface area contributed by atoms with E-state index in [9.17, 15) is 4.79 Å². The van der Waals surface area contributed by atoms with Crippen LogP contribution in [0.25, 0.3) is 16.7 Å². The van der Waals surface area contributed by atoms with Crippen LogP contribution in [0.15, 0.2) is 58.6 Å². The minimum absolute atomic E-state index is 0.194. The molecule has 1 N–H and O–H groups in total. The molecular weight excluding hydrogens is 403 g/mol. The molecule has 0 aliphatic heterocycles. The van der Waals surface area contributed by atoms with Crippen molar-refractivity contribution >= 4 is 46.0 Å². The number of rotatable bonds is 4. The maximum Gasteiger partial charge on any atom is 0.269 e. The first kappa shape index (κ1) is 18.1. The second kappa shape index (κ2) is 7.38. The molecule has 0 saturated heterocycles. The monoisotopic (exact) mass is 416 g/mol. The molecule has 0 atom stereocenters. The van der Waals surface area contributed by atoms with Crippen LogP contribution in [0.4, 0.5) is 0 Å². The van der Waals surface area contributed by atoms with Crippen molar-refractivity contribution in [1.29, 1.82) is 0 Å². The fourth-order valence-electron chi connectivity index (χ4n) is 2.78. The second-order valence-corrected chi connectivity index (χ2v) is 7.69. The Kier molecular flexibility index (Phi) is 4.95. The summed E-state index contributed by atoms with van der Waals surface area (Å²) in [6.45, 7) is 1.88. The second-order valence-electron chi connectivity index (χ2n) is 5.93. The maximum atomic E-state index is 13.1. The first-order valence-corrected chi connectivity index (χ1v) is 9.88. The number of H-pyrrole nitrogens is 1. The van der Waals surface area contributed by atoms with Crippen molar-refractivity contribution in [3.8, 4) is 5.69 Å². The quantitative estimate of drug-likeness (QED) is 0.374. The summed E-state index contributed by atoms with van der Waals surface area (Å²) in [6, 6.07) is 13.1. The van der Waals surface area contributed by atoms with E-state index in [4.69, 9.17) is 23.2 Å². The molecule has 2 aromatic carbocycles. The van der Waals surface area contributed by atoms with Crippen LogP contribution >= 0.6 is 35.0 Å². The highest BCUT2D eigenvalue weighted by atomic mass is 35.5. The van der Waals surface area contributed by atoms with Gasteiger partial charge in [0.2, 0.25) is 0 Å². The van der Waals surface area contributed by atoms with Crippen molar-refractivity contribution < 1.29 is 0 Å². The van der Waals surface area contributed by atoms with E-state index >= 15 is 0 Å². The van der Waals surface area contributed by atoms with E-state index in [1.807, 2.05) is 43.3 Å². The van der Waals surface area contributed by atoms with Crippen LogP contribution < -0.4 is 5.56 Å². The molecule has 4 aromatic rings. The lowest BCUT2D eigenvalue weighted by Crippen LogP contribution is -2.22. The van der Waals surface area contributed by atoms with Crippen LogP contribution in [0.5, 0.6) is 0 Å². The summed E-state index contributed by atoms with van der Waals surface area (Å²) < 4.78 is 1.58. The number of benzene rings is 2. The minimum Gasteiger partial charge on any atom is -0.268 e. The van der Waals surface area contributed by atoms with Crippen molar-refractivity contribution in [2.24, 2.45) is 0 Å². The Hall–Kier alpha value is -2.28. The van der Waals surface area contributed by atoms with Crippen LogP contribution in [-0.2, 0) is 5.75 Å². The van der Waals surface area contributed by atoms with E-state index < -0.39 is 0 Å². The Balaban J connectivity index is 1.87. The van der Waals surface area contributed by atoms with Gasteiger partial charge in [-0.3, -0.25) is 14.5 Å². The smallest absolute Gasteiger partial charge is 0.268 e. The zero-order chi connectivity index (χ0) is 19.0. The topological polar surface area (TPSA) is 63.6 Å². The molecule has 0 aliphatic carbocycles. The normalized spacial score (nSPS) is 11.2. The molecule has 27 heavy (non-hydrogen) atoms. The lowest BCUT2D eigenvalue weighted by molar-refractivity contribution is 0.811. The van der Waals surface area contributed by atoms with Crippen molar-refractivity contribution in [2.75, 3.05) is 0 Å². The summed E-state index contributed by atoms with van der Waals surface area (Å²) in [5, 5.41) is 8.97. The third kappa shape index (κ3) is 3.36. The van der Waals surface area contributed by atoms with Gasteiger partial charge in [-0.1, -0.05) is 59.2 Å².